The van der Waals surface area contributed by atoms with Crippen molar-refractivity contribution in [3.05, 3.63) is 140 Å². The predicted octanol–water partition coefficient (Wildman–Crippen LogP) is 10.2. The summed E-state index contributed by atoms with van der Waals surface area (Å²) in [4.78, 5) is 15.5. The van der Waals surface area contributed by atoms with E-state index in [2.05, 4.69) is 109 Å². The van der Waals surface area contributed by atoms with E-state index >= 15 is 0 Å². The second-order valence-corrected chi connectivity index (χ2v) is 10.8. The van der Waals surface area contributed by atoms with Crippen LogP contribution in [0, 0.1) is 0 Å². The van der Waals surface area contributed by atoms with Crippen molar-refractivity contribution in [1.29, 1.82) is 0 Å². The SMILES string of the molecule is c1ccc2c(-c3nc(-c4cccc5c4oc4ccccc45)nc(-c4cccc5ccc6ccccc6c45)n3)cccc2c1. The minimum Gasteiger partial charge on any atom is -0.455 e. The summed E-state index contributed by atoms with van der Waals surface area (Å²) in [6, 6.07) is 48.1. The van der Waals surface area contributed by atoms with Crippen LogP contribution in [0.4, 0.5) is 0 Å². The number of fused-ring (bicyclic) bond motifs is 7. The van der Waals surface area contributed by atoms with Gasteiger partial charge in [-0.2, -0.15) is 0 Å². The van der Waals surface area contributed by atoms with Gasteiger partial charge in [0.05, 0.1) is 5.56 Å². The van der Waals surface area contributed by atoms with Crippen LogP contribution < -0.4 is 0 Å². The molecule has 9 rings (SSSR count). The Balaban J connectivity index is 1.39. The molecule has 0 aliphatic heterocycles. The molecule has 7 aromatic carbocycles. The molecule has 0 saturated carbocycles. The average molecular weight is 550 g/mol. The van der Waals surface area contributed by atoms with Crippen LogP contribution in [0.15, 0.2) is 144 Å². The fraction of sp³-hybridized carbons (Fsp3) is 0. The number of para-hydroxylation sites is 2. The molecule has 4 nitrogen and oxygen atoms in total. The van der Waals surface area contributed by atoms with E-state index in [9.17, 15) is 0 Å². The van der Waals surface area contributed by atoms with E-state index in [0.29, 0.717) is 17.5 Å². The summed E-state index contributed by atoms with van der Waals surface area (Å²) in [5.41, 5.74) is 4.38. The second-order valence-electron chi connectivity index (χ2n) is 10.8. The van der Waals surface area contributed by atoms with Crippen LogP contribution in [0.1, 0.15) is 0 Å². The third-order valence-electron chi connectivity index (χ3n) is 8.32. The van der Waals surface area contributed by atoms with E-state index in [4.69, 9.17) is 19.4 Å². The van der Waals surface area contributed by atoms with Crippen molar-refractivity contribution in [1.82, 2.24) is 15.0 Å². The number of hydrogen-bond donors (Lipinski definition) is 0. The predicted molar refractivity (Wildman–Crippen MR) is 176 cm³/mol. The summed E-state index contributed by atoms with van der Waals surface area (Å²) in [5.74, 6) is 1.83. The molecule has 2 heterocycles. The molecular weight excluding hydrogens is 526 g/mol. The standard InChI is InChI=1S/C39H23N3O/c1-3-14-27-24(10-1)12-7-18-31(27)37-40-38(32-19-8-13-26-23-22-25-11-2-4-15-28(25)35(26)32)42-39(41-37)33-20-9-17-30-29-16-5-6-21-34(29)43-36(30)33/h1-23H. The highest BCUT2D eigenvalue weighted by atomic mass is 16.3. The molecule has 0 atom stereocenters. The summed E-state index contributed by atoms with van der Waals surface area (Å²) in [5, 5.41) is 8.97. The molecule has 0 aliphatic rings. The summed E-state index contributed by atoms with van der Waals surface area (Å²) < 4.78 is 6.43. The monoisotopic (exact) mass is 549 g/mol. The van der Waals surface area contributed by atoms with Crippen LogP contribution in [-0.2, 0) is 0 Å². The lowest BCUT2D eigenvalue weighted by molar-refractivity contribution is 0.669. The van der Waals surface area contributed by atoms with Crippen molar-refractivity contribution < 1.29 is 4.42 Å². The third kappa shape index (κ3) is 3.74. The highest BCUT2D eigenvalue weighted by Gasteiger charge is 2.19. The van der Waals surface area contributed by atoms with Gasteiger partial charge in [-0.1, -0.05) is 127 Å². The molecule has 0 amide bonds. The lowest BCUT2D eigenvalue weighted by Crippen LogP contribution is -2.01. The molecule has 4 heteroatoms. The van der Waals surface area contributed by atoms with Crippen LogP contribution in [0.3, 0.4) is 0 Å². The van der Waals surface area contributed by atoms with Crippen molar-refractivity contribution >= 4 is 54.3 Å². The largest absolute Gasteiger partial charge is 0.455 e. The summed E-state index contributed by atoms with van der Waals surface area (Å²) in [6.07, 6.45) is 0. The zero-order valence-corrected chi connectivity index (χ0v) is 23.0. The number of hydrogen-bond acceptors (Lipinski definition) is 4. The van der Waals surface area contributed by atoms with Crippen molar-refractivity contribution in [3.8, 4) is 34.2 Å². The fourth-order valence-electron chi connectivity index (χ4n) is 6.33. The van der Waals surface area contributed by atoms with Crippen LogP contribution in [0.5, 0.6) is 0 Å². The number of furan rings is 1. The van der Waals surface area contributed by atoms with Crippen LogP contribution in [0.2, 0.25) is 0 Å². The van der Waals surface area contributed by atoms with Gasteiger partial charge < -0.3 is 4.42 Å². The van der Waals surface area contributed by atoms with Crippen LogP contribution in [-0.4, -0.2) is 15.0 Å². The number of nitrogens with zero attached hydrogens (tertiary/aromatic N) is 3. The van der Waals surface area contributed by atoms with E-state index in [0.717, 1.165) is 60.2 Å². The lowest BCUT2D eigenvalue weighted by atomic mass is 9.97. The summed E-state index contributed by atoms with van der Waals surface area (Å²) in [6.45, 7) is 0. The molecule has 0 unspecified atom stereocenters. The minimum atomic E-state index is 0.579. The molecule has 0 spiro atoms. The molecular formula is C39H23N3O. The van der Waals surface area contributed by atoms with Crippen molar-refractivity contribution in [2.75, 3.05) is 0 Å². The first kappa shape index (κ1) is 23.8. The molecule has 0 aliphatic carbocycles. The van der Waals surface area contributed by atoms with Crippen molar-refractivity contribution in [2.24, 2.45) is 0 Å². The van der Waals surface area contributed by atoms with E-state index in [1.807, 2.05) is 30.3 Å². The Labute approximate surface area is 246 Å². The Morgan fingerprint density at radius 3 is 1.70 bits per heavy atom. The van der Waals surface area contributed by atoms with Gasteiger partial charge in [0, 0.05) is 27.3 Å². The first-order valence-electron chi connectivity index (χ1n) is 14.4. The second kappa shape index (κ2) is 9.33. The average Bonchev–Trinajstić information content (AvgIpc) is 3.46. The van der Waals surface area contributed by atoms with E-state index in [1.165, 1.54) is 10.8 Å². The molecule has 0 N–H and O–H groups in total. The van der Waals surface area contributed by atoms with Crippen LogP contribution >= 0.6 is 0 Å². The first-order valence-corrected chi connectivity index (χ1v) is 14.4. The number of rotatable bonds is 3. The molecule has 9 aromatic rings. The van der Waals surface area contributed by atoms with E-state index in [-0.39, 0.29) is 0 Å². The molecule has 0 fully saturated rings. The topological polar surface area (TPSA) is 51.8 Å². The maximum absolute atomic E-state index is 6.43. The molecule has 2 aromatic heterocycles. The lowest BCUT2D eigenvalue weighted by Gasteiger charge is -2.13. The van der Waals surface area contributed by atoms with Crippen LogP contribution in [0.25, 0.3) is 88.4 Å². The van der Waals surface area contributed by atoms with Gasteiger partial charge >= 0.3 is 0 Å². The molecule has 0 saturated heterocycles. The van der Waals surface area contributed by atoms with Gasteiger partial charge in [-0.15, -0.1) is 0 Å². The maximum Gasteiger partial charge on any atom is 0.167 e. The Morgan fingerprint density at radius 1 is 0.349 bits per heavy atom. The zero-order chi connectivity index (χ0) is 28.3. The zero-order valence-electron chi connectivity index (χ0n) is 23.0. The highest BCUT2D eigenvalue weighted by molar-refractivity contribution is 6.14. The quantitative estimate of drug-likeness (QED) is 0.206. The van der Waals surface area contributed by atoms with Gasteiger partial charge in [0.2, 0.25) is 0 Å². The number of benzene rings is 7. The van der Waals surface area contributed by atoms with E-state index in [1.54, 1.807) is 0 Å². The minimum absolute atomic E-state index is 0.579. The smallest absolute Gasteiger partial charge is 0.167 e. The van der Waals surface area contributed by atoms with Crippen molar-refractivity contribution in [2.45, 2.75) is 0 Å². The molecule has 0 bridgehead atoms. The van der Waals surface area contributed by atoms with E-state index < -0.39 is 0 Å². The van der Waals surface area contributed by atoms with Gasteiger partial charge in [-0.3, -0.25) is 0 Å². The van der Waals surface area contributed by atoms with Gasteiger partial charge in [-0.25, -0.2) is 15.0 Å². The highest BCUT2D eigenvalue weighted by Crippen LogP contribution is 2.38. The Bertz CT molecular complexity index is 2520. The molecule has 200 valence electrons. The normalized spacial score (nSPS) is 11.7. The fourth-order valence-corrected chi connectivity index (χ4v) is 6.33. The van der Waals surface area contributed by atoms with Gasteiger partial charge in [0.25, 0.3) is 0 Å². The van der Waals surface area contributed by atoms with Gasteiger partial charge in [0.1, 0.15) is 11.2 Å². The number of aromatic nitrogens is 3. The third-order valence-corrected chi connectivity index (χ3v) is 8.32. The van der Waals surface area contributed by atoms with Gasteiger partial charge in [-0.05, 0) is 39.1 Å². The summed E-state index contributed by atoms with van der Waals surface area (Å²) >= 11 is 0. The Kier molecular flexibility index (Phi) is 5.16. The Hall–Kier alpha value is -5.87. The maximum atomic E-state index is 6.43. The van der Waals surface area contributed by atoms with Gasteiger partial charge in [0.15, 0.2) is 17.5 Å². The molecule has 43 heavy (non-hydrogen) atoms. The summed E-state index contributed by atoms with van der Waals surface area (Å²) in [7, 11) is 0. The first-order chi connectivity index (χ1) is 21.3. The van der Waals surface area contributed by atoms with Crippen molar-refractivity contribution in [3.63, 3.8) is 0 Å². The molecule has 0 radical (unpaired) electrons. The Morgan fingerprint density at radius 2 is 0.860 bits per heavy atom.